The van der Waals surface area contributed by atoms with Crippen LogP contribution in [-0.2, 0) is 0 Å². The Bertz CT molecular complexity index is 396. The van der Waals surface area contributed by atoms with Gasteiger partial charge in [0.25, 0.3) is 0 Å². The second-order valence-corrected chi connectivity index (χ2v) is 6.81. The van der Waals surface area contributed by atoms with E-state index in [0.717, 1.165) is 5.92 Å². The lowest BCUT2D eigenvalue weighted by atomic mass is 9.77. The molecule has 0 heterocycles. The summed E-state index contributed by atoms with van der Waals surface area (Å²) < 4.78 is 1.22. The molecular weight excluding hydrogens is 286 g/mol. The molecule has 1 fully saturated rings. The predicted molar refractivity (Wildman–Crippen MR) is 81.7 cm³/mol. The highest BCUT2D eigenvalue weighted by Crippen LogP contribution is 2.36. The summed E-state index contributed by atoms with van der Waals surface area (Å²) in [7, 11) is 0. The van der Waals surface area contributed by atoms with Crippen molar-refractivity contribution in [1.82, 2.24) is 0 Å². The van der Waals surface area contributed by atoms with E-state index >= 15 is 0 Å². The molecule has 0 saturated heterocycles. The van der Waals surface area contributed by atoms with Crippen molar-refractivity contribution in [3.63, 3.8) is 0 Å². The van der Waals surface area contributed by atoms with Crippen molar-refractivity contribution in [2.45, 2.75) is 52.5 Å². The first-order valence-corrected chi connectivity index (χ1v) is 7.80. The molecule has 2 rings (SSSR count). The molecule has 1 nitrogen and oxygen atoms in total. The van der Waals surface area contributed by atoms with E-state index in [1.54, 1.807) is 0 Å². The summed E-state index contributed by atoms with van der Waals surface area (Å²) in [5.41, 5.74) is 10.4. The van der Waals surface area contributed by atoms with Crippen LogP contribution in [0.1, 0.15) is 55.3 Å². The van der Waals surface area contributed by atoms with Gasteiger partial charge >= 0.3 is 0 Å². The molecule has 2 N–H and O–H groups in total. The minimum Gasteiger partial charge on any atom is -0.324 e. The van der Waals surface area contributed by atoms with E-state index in [4.69, 9.17) is 5.73 Å². The Balaban J connectivity index is 2.16. The molecule has 100 valence electrons. The second-order valence-electron chi connectivity index (χ2n) is 6.01. The van der Waals surface area contributed by atoms with Crippen LogP contribution >= 0.6 is 15.9 Å². The molecule has 1 aromatic carbocycles. The Kier molecular flexibility index (Phi) is 4.50. The summed E-state index contributed by atoms with van der Waals surface area (Å²) in [6.07, 6.45) is 5.26. The van der Waals surface area contributed by atoms with Crippen LogP contribution < -0.4 is 5.73 Å². The number of hydrogen-bond acceptors (Lipinski definition) is 1. The molecule has 1 unspecified atom stereocenters. The maximum Gasteiger partial charge on any atom is 0.0323 e. The zero-order valence-corrected chi connectivity index (χ0v) is 13.3. The van der Waals surface area contributed by atoms with Crippen molar-refractivity contribution < 1.29 is 0 Å². The van der Waals surface area contributed by atoms with Crippen LogP contribution in [-0.4, -0.2) is 0 Å². The van der Waals surface area contributed by atoms with E-state index in [1.807, 2.05) is 0 Å². The molecule has 2 heteroatoms. The number of aryl methyl sites for hydroxylation is 2. The van der Waals surface area contributed by atoms with Crippen LogP contribution in [0.2, 0.25) is 0 Å². The van der Waals surface area contributed by atoms with Gasteiger partial charge in [-0.25, -0.2) is 0 Å². The third-order valence-electron chi connectivity index (χ3n) is 4.41. The highest BCUT2D eigenvalue weighted by molar-refractivity contribution is 9.10. The molecule has 0 spiro atoms. The Morgan fingerprint density at radius 1 is 1.11 bits per heavy atom. The standard InChI is InChI=1S/C16H24BrN/c1-10-4-6-13(7-5-10)16(18)14-8-11(2)15(17)12(3)9-14/h8-10,13,16H,4-7,18H2,1-3H3. The smallest absolute Gasteiger partial charge is 0.0323 e. The van der Waals surface area contributed by atoms with Crippen LogP contribution in [0.5, 0.6) is 0 Å². The molecule has 1 aliphatic rings. The van der Waals surface area contributed by atoms with E-state index in [0.29, 0.717) is 5.92 Å². The van der Waals surface area contributed by atoms with Crippen LogP contribution in [0.3, 0.4) is 0 Å². The lowest BCUT2D eigenvalue weighted by molar-refractivity contribution is 0.256. The summed E-state index contributed by atoms with van der Waals surface area (Å²) >= 11 is 3.63. The Morgan fingerprint density at radius 2 is 1.61 bits per heavy atom. The van der Waals surface area contributed by atoms with Gasteiger partial charge < -0.3 is 5.73 Å². The number of benzene rings is 1. The monoisotopic (exact) mass is 309 g/mol. The number of nitrogens with two attached hydrogens (primary N) is 1. The van der Waals surface area contributed by atoms with E-state index in [1.165, 1.54) is 46.8 Å². The predicted octanol–water partition coefficient (Wildman–Crippen LogP) is 4.89. The zero-order chi connectivity index (χ0) is 13.3. The van der Waals surface area contributed by atoms with E-state index in [9.17, 15) is 0 Å². The Hall–Kier alpha value is -0.340. The summed E-state index contributed by atoms with van der Waals surface area (Å²) in [6.45, 7) is 6.65. The first-order valence-electron chi connectivity index (χ1n) is 7.01. The third-order valence-corrected chi connectivity index (χ3v) is 5.66. The average Bonchev–Trinajstić information content (AvgIpc) is 2.35. The normalized spacial score (nSPS) is 26.1. The van der Waals surface area contributed by atoms with Gasteiger partial charge in [0.15, 0.2) is 0 Å². The van der Waals surface area contributed by atoms with E-state index in [2.05, 4.69) is 48.8 Å². The molecule has 1 aromatic rings. The van der Waals surface area contributed by atoms with Gasteiger partial charge in [0.1, 0.15) is 0 Å². The minimum absolute atomic E-state index is 0.211. The summed E-state index contributed by atoms with van der Waals surface area (Å²) in [5, 5.41) is 0. The second kappa shape index (κ2) is 5.75. The van der Waals surface area contributed by atoms with Gasteiger partial charge in [0.2, 0.25) is 0 Å². The van der Waals surface area contributed by atoms with Crippen molar-refractivity contribution in [2.24, 2.45) is 17.6 Å². The fourth-order valence-corrected chi connectivity index (χ4v) is 3.32. The molecule has 18 heavy (non-hydrogen) atoms. The first kappa shape index (κ1) is 14.1. The molecule has 1 atom stereocenters. The Morgan fingerprint density at radius 3 is 2.11 bits per heavy atom. The largest absolute Gasteiger partial charge is 0.324 e. The van der Waals surface area contributed by atoms with Crippen molar-refractivity contribution >= 4 is 15.9 Å². The third kappa shape index (κ3) is 2.97. The molecule has 0 bridgehead atoms. The molecule has 0 aliphatic heterocycles. The number of rotatable bonds is 2. The first-order chi connectivity index (χ1) is 8.49. The fourth-order valence-electron chi connectivity index (χ4n) is 3.09. The van der Waals surface area contributed by atoms with Gasteiger partial charge in [-0.05, 0) is 55.2 Å². The van der Waals surface area contributed by atoms with Crippen LogP contribution in [0.4, 0.5) is 0 Å². The zero-order valence-electron chi connectivity index (χ0n) is 11.7. The Labute approximate surface area is 119 Å². The summed E-state index contributed by atoms with van der Waals surface area (Å²) in [5.74, 6) is 1.56. The highest BCUT2D eigenvalue weighted by Gasteiger charge is 2.25. The molecule has 0 radical (unpaired) electrons. The van der Waals surface area contributed by atoms with Gasteiger partial charge in [-0.3, -0.25) is 0 Å². The van der Waals surface area contributed by atoms with Gasteiger partial charge in [0, 0.05) is 10.5 Å². The molecular formula is C16H24BrN. The van der Waals surface area contributed by atoms with E-state index in [-0.39, 0.29) is 6.04 Å². The lowest BCUT2D eigenvalue weighted by Crippen LogP contribution is -2.25. The SMILES string of the molecule is Cc1cc(C(N)C2CCC(C)CC2)cc(C)c1Br. The van der Waals surface area contributed by atoms with Crippen LogP contribution in [0.15, 0.2) is 16.6 Å². The maximum absolute atomic E-state index is 6.49. The van der Waals surface area contributed by atoms with E-state index < -0.39 is 0 Å². The molecule has 1 aliphatic carbocycles. The van der Waals surface area contributed by atoms with Crippen molar-refractivity contribution in [3.8, 4) is 0 Å². The molecule has 0 aromatic heterocycles. The van der Waals surface area contributed by atoms with Crippen molar-refractivity contribution in [3.05, 3.63) is 33.3 Å². The average molecular weight is 310 g/mol. The number of halogens is 1. The lowest BCUT2D eigenvalue weighted by Gasteiger charge is -2.31. The minimum atomic E-state index is 0.211. The molecule has 0 amide bonds. The van der Waals surface area contributed by atoms with Gasteiger partial charge in [0.05, 0.1) is 0 Å². The fraction of sp³-hybridized carbons (Fsp3) is 0.625. The molecule has 1 saturated carbocycles. The van der Waals surface area contributed by atoms with Crippen molar-refractivity contribution in [1.29, 1.82) is 0 Å². The van der Waals surface area contributed by atoms with Gasteiger partial charge in [-0.1, -0.05) is 47.8 Å². The van der Waals surface area contributed by atoms with Crippen molar-refractivity contribution in [2.75, 3.05) is 0 Å². The number of hydrogen-bond donors (Lipinski definition) is 1. The van der Waals surface area contributed by atoms with Gasteiger partial charge in [-0.2, -0.15) is 0 Å². The maximum atomic E-state index is 6.49. The quantitative estimate of drug-likeness (QED) is 0.826. The topological polar surface area (TPSA) is 26.0 Å². The highest BCUT2D eigenvalue weighted by atomic mass is 79.9. The van der Waals surface area contributed by atoms with Gasteiger partial charge in [-0.15, -0.1) is 0 Å². The van der Waals surface area contributed by atoms with Crippen LogP contribution in [0, 0.1) is 25.7 Å². The summed E-state index contributed by atoms with van der Waals surface area (Å²) in [4.78, 5) is 0. The summed E-state index contributed by atoms with van der Waals surface area (Å²) in [6, 6.07) is 4.71. The van der Waals surface area contributed by atoms with Crippen LogP contribution in [0.25, 0.3) is 0 Å².